The number of ether oxygens (including phenoxy) is 1. The Morgan fingerprint density at radius 3 is 2.14 bits per heavy atom. The summed E-state index contributed by atoms with van der Waals surface area (Å²) in [6.45, 7) is 0.126. The number of sulfone groups is 2. The molecule has 0 aliphatic carbocycles. The molecule has 0 amide bonds. The fourth-order valence-electron chi connectivity index (χ4n) is 4.63. The Bertz CT molecular complexity index is 1290. The van der Waals surface area contributed by atoms with Crippen molar-refractivity contribution in [3.63, 3.8) is 0 Å². The fraction of sp³-hybridized carbons (Fsp3) is 0.520. The minimum absolute atomic E-state index is 0.0288. The van der Waals surface area contributed by atoms with Crippen LogP contribution in [0.5, 0.6) is 5.75 Å². The van der Waals surface area contributed by atoms with Gasteiger partial charge in [0.05, 0.1) is 22.8 Å². The van der Waals surface area contributed by atoms with E-state index in [2.05, 4.69) is 0 Å². The standard InChI is InChI=1S/C25H29F5O5S2/c1-36(31,32)13-4-6-17(18-15-21-22(26)11-12-23(27)24(21)35-16-18)5-2-3-14-37(33,34)20-9-7-19(8-10-20)25(28,29)30/h7-12,17-18H,2-6,13-16H2,1H3/t17-,18-/m0/s1. The highest BCUT2D eigenvalue weighted by Gasteiger charge is 2.32. The zero-order chi connectivity index (χ0) is 27.4. The van der Waals surface area contributed by atoms with E-state index in [0.29, 0.717) is 25.7 Å². The summed E-state index contributed by atoms with van der Waals surface area (Å²) in [5.41, 5.74) is -0.801. The molecule has 12 heteroatoms. The van der Waals surface area contributed by atoms with E-state index < -0.39 is 43.0 Å². The van der Waals surface area contributed by atoms with E-state index in [1.165, 1.54) is 0 Å². The van der Waals surface area contributed by atoms with E-state index in [0.717, 1.165) is 42.7 Å². The van der Waals surface area contributed by atoms with E-state index in [4.69, 9.17) is 4.74 Å². The Labute approximate surface area is 213 Å². The molecule has 0 aromatic heterocycles. The molecule has 1 aliphatic rings. The maximum atomic E-state index is 14.3. The first kappa shape index (κ1) is 29.3. The monoisotopic (exact) mass is 568 g/mol. The third-order valence-corrected chi connectivity index (χ3v) is 9.45. The maximum Gasteiger partial charge on any atom is 0.416 e. The van der Waals surface area contributed by atoms with E-state index in [1.54, 1.807) is 0 Å². The zero-order valence-electron chi connectivity index (χ0n) is 20.2. The first-order valence-corrected chi connectivity index (χ1v) is 15.6. The number of unbranched alkanes of at least 4 members (excludes halogenated alkanes) is 1. The molecule has 0 N–H and O–H groups in total. The quantitative estimate of drug-likeness (QED) is 0.260. The van der Waals surface area contributed by atoms with Crippen LogP contribution < -0.4 is 4.74 Å². The van der Waals surface area contributed by atoms with Crippen molar-refractivity contribution in [2.75, 3.05) is 24.4 Å². The minimum Gasteiger partial charge on any atom is -0.490 e. The molecule has 0 saturated heterocycles. The van der Waals surface area contributed by atoms with Crippen LogP contribution >= 0.6 is 0 Å². The van der Waals surface area contributed by atoms with Gasteiger partial charge in [0.2, 0.25) is 0 Å². The van der Waals surface area contributed by atoms with Gasteiger partial charge in [0, 0.05) is 23.5 Å². The molecule has 0 radical (unpaired) electrons. The number of benzene rings is 2. The molecule has 2 aromatic rings. The van der Waals surface area contributed by atoms with E-state index in [1.807, 2.05) is 0 Å². The lowest BCUT2D eigenvalue weighted by molar-refractivity contribution is -0.137. The van der Waals surface area contributed by atoms with E-state index >= 15 is 0 Å². The summed E-state index contributed by atoms with van der Waals surface area (Å²) in [4.78, 5) is -0.194. The van der Waals surface area contributed by atoms with Crippen molar-refractivity contribution in [2.24, 2.45) is 11.8 Å². The molecule has 2 atom stereocenters. The predicted molar refractivity (Wildman–Crippen MR) is 129 cm³/mol. The molecule has 3 rings (SSSR count). The van der Waals surface area contributed by atoms with Crippen molar-refractivity contribution < 1.29 is 43.5 Å². The summed E-state index contributed by atoms with van der Waals surface area (Å²) in [7, 11) is -6.98. The number of alkyl halides is 3. The zero-order valence-corrected chi connectivity index (χ0v) is 21.9. The van der Waals surface area contributed by atoms with Gasteiger partial charge in [-0.05, 0) is 68.0 Å². The molecule has 0 bridgehead atoms. The maximum absolute atomic E-state index is 14.3. The lowest BCUT2D eigenvalue weighted by atomic mass is 9.80. The van der Waals surface area contributed by atoms with Crippen molar-refractivity contribution in [2.45, 2.75) is 49.6 Å². The number of hydrogen-bond acceptors (Lipinski definition) is 5. The molecule has 1 heterocycles. The Hall–Kier alpha value is -2.21. The second-order valence-corrected chi connectivity index (χ2v) is 13.8. The normalized spacial score (nSPS) is 17.2. The van der Waals surface area contributed by atoms with Gasteiger partial charge in [-0.1, -0.05) is 12.8 Å². The number of halogens is 5. The summed E-state index contributed by atoms with van der Waals surface area (Å²) in [5, 5.41) is 0. The molecule has 0 unspecified atom stereocenters. The average Bonchev–Trinajstić information content (AvgIpc) is 2.81. The number of rotatable bonds is 11. The van der Waals surface area contributed by atoms with Gasteiger partial charge in [-0.2, -0.15) is 13.2 Å². The average molecular weight is 569 g/mol. The lowest BCUT2D eigenvalue weighted by Gasteiger charge is -2.32. The minimum atomic E-state index is -4.56. The van der Waals surface area contributed by atoms with Gasteiger partial charge in [-0.25, -0.2) is 25.6 Å². The second-order valence-electron chi connectivity index (χ2n) is 9.48. The second kappa shape index (κ2) is 11.7. The van der Waals surface area contributed by atoms with Crippen molar-refractivity contribution >= 4 is 19.7 Å². The molecule has 2 aromatic carbocycles. The summed E-state index contributed by atoms with van der Waals surface area (Å²) in [5.74, 6) is -1.98. The highest BCUT2D eigenvalue weighted by atomic mass is 32.2. The molecular formula is C25H29F5O5S2. The third kappa shape index (κ3) is 8.13. The summed E-state index contributed by atoms with van der Waals surface area (Å²) >= 11 is 0. The summed E-state index contributed by atoms with van der Waals surface area (Å²) < 4.78 is 120. The van der Waals surface area contributed by atoms with Crippen LogP contribution in [0.15, 0.2) is 41.3 Å². The van der Waals surface area contributed by atoms with Gasteiger partial charge in [0.1, 0.15) is 15.7 Å². The molecule has 37 heavy (non-hydrogen) atoms. The topological polar surface area (TPSA) is 77.5 Å². The van der Waals surface area contributed by atoms with Crippen LogP contribution in [0.25, 0.3) is 0 Å². The Morgan fingerprint density at radius 1 is 0.892 bits per heavy atom. The van der Waals surface area contributed by atoms with Gasteiger partial charge >= 0.3 is 6.18 Å². The van der Waals surface area contributed by atoms with Gasteiger partial charge < -0.3 is 4.74 Å². The molecule has 1 aliphatic heterocycles. The van der Waals surface area contributed by atoms with Crippen LogP contribution in [-0.4, -0.2) is 41.2 Å². The molecule has 0 fully saturated rings. The SMILES string of the molecule is CS(=O)(=O)CCC[C@H](CCCCS(=O)(=O)c1ccc(C(F)(F)F)cc1)[C@@H]1COc2c(F)ccc(F)c2C1. The van der Waals surface area contributed by atoms with Gasteiger partial charge in [-0.15, -0.1) is 0 Å². The lowest BCUT2D eigenvalue weighted by Crippen LogP contribution is -2.29. The molecule has 5 nitrogen and oxygen atoms in total. The fourth-order valence-corrected chi connectivity index (χ4v) is 6.69. The van der Waals surface area contributed by atoms with Crippen molar-refractivity contribution in [1.82, 2.24) is 0 Å². The van der Waals surface area contributed by atoms with Crippen LogP contribution in [0.1, 0.15) is 43.2 Å². The van der Waals surface area contributed by atoms with Crippen molar-refractivity contribution in [3.05, 3.63) is 59.2 Å². The highest BCUT2D eigenvalue weighted by molar-refractivity contribution is 7.91. The van der Waals surface area contributed by atoms with Crippen molar-refractivity contribution in [3.8, 4) is 5.75 Å². The number of fused-ring (bicyclic) bond motifs is 1. The van der Waals surface area contributed by atoms with E-state index in [9.17, 15) is 38.8 Å². The molecule has 0 spiro atoms. The Balaban J connectivity index is 1.63. The molecular weight excluding hydrogens is 539 g/mol. The van der Waals surface area contributed by atoms with Crippen LogP contribution in [0.3, 0.4) is 0 Å². The Kier molecular flexibility index (Phi) is 9.26. The third-order valence-electron chi connectivity index (χ3n) is 6.60. The summed E-state index contributed by atoms with van der Waals surface area (Å²) in [6, 6.07) is 5.37. The van der Waals surface area contributed by atoms with E-state index in [-0.39, 0.29) is 59.0 Å². The smallest absolute Gasteiger partial charge is 0.416 e. The van der Waals surface area contributed by atoms with Gasteiger partial charge in [0.25, 0.3) is 0 Å². The van der Waals surface area contributed by atoms with Gasteiger partial charge in [0.15, 0.2) is 21.4 Å². The Morgan fingerprint density at radius 2 is 1.51 bits per heavy atom. The van der Waals surface area contributed by atoms with Crippen molar-refractivity contribution in [1.29, 1.82) is 0 Å². The highest BCUT2D eigenvalue weighted by Crippen LogP contribution is 2.37. The summed E-state index contributed by atoms with van der Waals surface area (Å²) in [6.07, 6.45) is -1.18. The molecule has 0 saturated carbocycles. The molecule has 206 valence electrons. The largest absolute Gasteiger partial charge is 0.490 e. The van der Waals surface area contributed by atoms with Crippen LogP contribution in [0.2, 0.25) is 0 Å². The first-order chi connectivity index (χ1) is 17.2. The predicted octanol–water partition coefficient (Wildman–Crippen LogP) is 5.62. The number of hydrogen-bond donors (Lipinski definition) is 0. The van der Waals surface area contributed by atoms with Gasteiger partial charge in [-0.3, -0.25) is 0 Å². The first-order valence-electron chi connectivity index (χ1n) is 11.8. The van der Waals surface area contributed by atoms with Crippen LogP contribution in [0.4, 0.5) is 22.0 Å². The van der Waals surface area contributed by atoms with Crippen LogP contribution in [0, 0.1) is 23.5 Å². The van der Waals surface area contributed by atoms with Crippen LogP contribution in [-0.2, 0) is 32.3 Å².